The normalized spacial score (nSPS) is 24.5. The summed E-state index contributed by atoms with van der Waals surface area (Å²) in [7, 11) is 0. The van der Waals surface area contributed by atoms with Gasteiger partial charge in [-0.2, -0.15) is 5.10 Å². The molecule has 0 aromatic carbocycles. The number of amides is 1. The fraction of sp³-hybridized carbons (Fsp3) is 0.692. The molecule has 2 aliphatic heterocycles. The molecule has 1 N–H and O–H groups in total. The summed E-state index contributed by atoms with van der Waals surface area (Å²) in [5.41, 5.74) is 0.376. The molecule has 7 heteroatoms. The lowest BCUT2D eigenvalue weighted by molar-refractivity contribution is -0.130. The first-order valence-corrected chi connectivity index (χ1v) is 6.73. The highest BCUT2D eigenvalue weighted by Crippen LogP contribution is 2.36. The molecule has 0 saturated carbocycles. The first kappa shape index (κ1) is 17.3. The standard InChI is InChI=1S/C13H20N4O.2ClH/c18-12(2-8-17-7-1-5-15-17)16-9-4-13(11-16)3-6-14-10-13;;/h1,5,7,14H,2-4,6,8-11H2;2*1H. The van der Waals surface area contributed by atoms with Gasteiger partial charge in [-0.1, -0.05) is 0 Å². The van der Waals surface area contributed by atoms with Crippen LogP contribution < -0.4 is 5.32 Å². The first-order valence-electron chi connectivity index (χ1n) is 6.73. The van der Waals surface area contributed by atoms with E-state index in [4.69, 9.17) is 0 Å². The molecule has 5 nitrogen and oxygen atoms in total. The average molecular weight is 321 g/mol. The molecule has 2 aliphatic rings. The highest BCUT2D eigenvalue weighted by Gasteiger charge is 2.41. The largest absolute Gasteiger partial charge is 0.342 e. The van der Waals surface area contributed by atoms with E-state index < -0.39 is 0 Å². The lowest BCUT2D eigenvalue weighted by Gasteiger charge is -2.22. The Hall–Kier alpha value is -0.780. The van der Waals surface area contributed by atoms with E-state index in [0.717, 1.165) is 32.6 Å². The second kappa shape index (κ2) is 7.29. The van der Waals surface area contributed by atoms with E-state index >= 15 is 0 Å². The number of hydrogen-bond donors (Lipinski definition) is 1. The number of carbonyl (C=O) groups excluding carboxylic acids is 1. The molecule has 0 aliphatic carbocycles. The molecule has 3 heterocycles. The van der Waals surface area contributed by atoms with Crippen molar-refractivity contribution in [1.82, 2.24) is 20.0 Å². The maximum atomic E-state index is 12.1. The smallest absolute Gasteiger partial charge is 0.224 e. The van der Waals surface area contributed by atoms with Crippen molar-refractivity contribution >= 4 is 30.7 Å². The molecule has 20 heavy (non-hydrogen) atoms. The number of likely N-dealkylation sites (tertiary alicyclic amines) is 1. The summed E-state index contributed by atoms with van der Waals surface area (Å²) < 4.78 is 1.82. The van der Waals surface area contributed by atoms with Crippen molar-refractivity contribution in [2.45, 2.75) is 25.8 Å². The zero-order valence-electron chi connectivity index (χ0n) is 11.5. The summed E-state index contributed by atoms with van der Waals surface area (Å²) >= 11 is 0. The molecule has 1 amide bonds. The molecule has 1 spiro atoms. The Kier molecular flexibility index (Phi) is 6.30. The van der Waals surface area contributed by atoms with Crippen LogP contribution in [0.3, 0.4) is 0 Å². The van der Waals surface area contributed by atoms with Crippen LogP contribution in [0, 0.1) is 5.41 Å². The third-order valence-electron chi connectivity index (χ3n) is 4.24. The molecule has 2 fully saturated rings. The molecule has 2 saturated heterocycles. The molecular weight excluding hydrogens is 299 g/mol. The second-order valence-corrected chi connectivity index (χ2v) is 5.51. The number of aromatic nitrogens is 2. The minimum absolute atomic E-state index is 0. The number of carbonyl (C=O) groups is 1. The van der Waals surface area contributed by atoms with Gasteiger partial charge in [0, 0.05) is 50.4 Å². The van der Waals surface area contributed by atoms with Gasteiger partial charge >= 0.3 is 0 Å². The summed E-state index contributed by atoms with van der Waals surface area (Å²) in [6.07, 6.45) is 6.59. The topological polar surface area (TPSA) is 50.2 Å². The van der Waals surface area contributed by atoms with Crippen LogP contribution in [-0.2, 0) is 11.3 Å². The van der Waals surface area contributed by atoms with Gasteiger partial charge in [0.1, 0.15) is 0 Å². The molecule has 1 aromatic rings. The van der Waals surface area contributed by atoms with Crippen molar-refractivity contribution in [2.75, 3.05) is 26.2 Å². The van der Waals surface area contributed by atoms with E-state index in [1.54, 1.807) is 6.20 Å². The Balaban J connectivity index is 0.000001000. The van der Waals surface area contributed by atoms with Crippen LogP contribution in [0.4, 0.5) is 0 Å². The van der Waals surface area contributed by atoms with E-state index in [-0.39, 0.29) is 30.7 Å². The molecule has 3 rings (SSSR count). The number of rotatable bonds is 3. The Morgan fingerprint density at radius 1 is 1.35 bits per heavy atom. The molecule has 1 aromatic heterocycles. The highest BCUT2D eigenvalue weighted by atomic mass is 35.5. The Bertz CT molecular complexity index is 418. The van der Waals surface area contributed by atoms with Crippen LogP contribution in [0.1, 0.15) is 19.3 Å². The Morgan fingerprint density at radius 2 is 2.20 bits per heavy atom. The zero-order chi connectivity index (χ0) is 12.4. The minimum Gasteiger partial charge on any atom is -0.342 e. The third-order valence-corrected chi connectivity index (χ3v) is 4.24. The summed E-state index contributed by atoms with van der Waals surface area (Å²) in [6, 6.07) is 1.89. The van der Waals surface area contributed by atoms with Crippen LogP contribution >= 0.6 is 24.8 Å². The molecule has 0 bridgehead atoms. The molecule has 1 unspecified atom stereocenters. The van der Waals surface area contributed by atoms with E-state index in [0.29, 0.717) is 18.4 Å². The van der Waals surface area contributed by atoms with Gasteiger partial charge in [-0.15, -0.1) is 24.8 Å². The number of nitrogens with one attached hydrogen (secondary N) is 1. The predicted octanol–water partition coefficient (Wildman–Crippen LogP) is 1.33. The van der Waals surface area contributed by atoms with Gasteiger partial charge in [-0.05, 0) is 25.5 Å². The lowest BCUT2D eigenvalue weighted by atomic mass is 9.87. The second-order valence-electron chi connectivity index (χ2n) is 5.51. The third kappa shape index (κ3) is 3.65. The van der Waals surface area contributed by atoms with Crippen LogP contribution in [-0.4, -0.2) is 46.8 Å². The van der Waals surface area contributed by atoms with Gasteiger partial charge in [0.15, 0.2) is 0 Å². The average Bonchev–Trinajstić information content (AvgIpc) is 3.10. The van der Waals surface area contributed by atoms with Crippen molar-refractivity contribution < 1.29 is 4.79 Å². The summed E-state index contributed by atoms with van der Waals surface area (Å²) in [5.74, 6) is 0.272. The Morgan fingerprint density at radius 3 is 2.85 bits per heavy atom. The van der Waals surface area contributed by atoms with Gasteiger partial charge in [-0.25, -0.2) is 0 Å². The fourth-order valence-corrected chi connectivity index (χ4v) is 3.09. The fourth-order valence-electron chi connectivity index (χ4n) is 3.09. The number of aryl methyl sites for hydroxylation is 1. The summed E-state index contributed by atoms with van der Waals surface area (Å²) in [5, 5.41) is 7.54. The van der Waals surface area contributed by atoms with Crippen molar-refractivity contribution in [3.05, 3.63) is 18.5 Å². The summed E-state index contributed by atoms with van der Waals surface area (Å²) in [4.78, 5) is 14.2. The van der Waals surface area contributed by atoms with E-state index in [1.807, 2.05) is 21.8 Å². The van der Waals surface area contributed by atoms with Crippen LogP contribution in [0.15, 0.2) is 18.5 Å². The van der Waals surface area contributed by atoms with Crippen molar-refractivity contribution in [3.63, 3.8) is 0 Å². The van der Waals surface area contributed by atoms with Crippen molar-refractivity contribution in [3.8, 4) is 0 Å². The van der Waals surface area contributed by atoms with Gasteiger partial charge < -0.3 is 10.2 Å². The van der Waals surface area contributed by atoms with Gasteiger partial charge in [0.2, 0.25) is 5.91 Å². The zero-order valence-corrected chi connectivity index (χ0v) is 13.1. The molecule has 114 valence electrons. The minimum atomic E-state index is 0. The molecular formula is C13H22Cl2N4O. The van der Waals surface area contributed by atoms with Crippen LogP contribution in [0.5, 0.6) is 0 Å². The van der Waals surface area contributed by atoms with Crippen molar-refractivity contribution in [2.24, 2.45) is 5.41 Å². The maximum absolute atomic E-state index is 12.1. The quantitative estimate of drug-likeness (QED) is 0.914. The highest BCUT2D eigenvalue weighted by molar-refractivity contribution is 5.85. The molecule has 1 atom stereocenters. The van der Waals surface area contributed by atoms with Crippen molar-refractivity contribution in [1.29, 1.82) is 0 Å². The lowest BCUT2D eigenvalue weighted by Crippen LogP contribution is -2.33. The van der Waals surface area contributed by atoms with E-state index in [9.17, 15) is 4.79 Å². The number of nitrogens with zero attached hydrogens (tertiary/aromatic N) is 3. The van der Waals surface area contributed by atoms with Gasteiger partial charge in [0.25, 0.3) is 0 Å². The maximum Gasteiger partial charge on any atom is 0.224 e. The SMILES string of the molecule is Cl.Cl.O=C(CCn1cccn1)N1CCC2(CCNC2)C1. The summed E-state index contributed by atoms with van der Waals surface area (Å²) in [6.45, 7) is 4.75. The number of hydrogen-bond acceptors (Lipinski definition) is 3. The van der Waals surface area contributed by atoms with Gasteiger partial charge in [0.05, 0.1) is 0 Å². The van der Waals surface area contributed by atoms with Crippen LogP contribution in [0.25, 0.3) is 0 Å². The van der Waals surface area contributed by atoms with Crippen LogP contribution in [0.2, 0.25) is 0 Å². The number of halogens is 2. The monoisotopic (exact) mass is 320 g/mol. The predicted molar refractivity (Wildman–Crippen MR) is 82.5 cm³/mol. The van der Waals surface area contributed by atoms with Gasteiger partial charge in [-0.3, -0.25) is 9.48 Å². The van der Waals surface area contributed by atoms with E-state index in [2.05, 4.69) is 10.4 Å². The first-order chi connectivity index (χ1) is 8.77. The van der Waals surface area contributed by atoms with E-state index in [1.165, 1.54) is 6.42 Å². The molecule has 0 radical (unpaired) electrons. The Labute approximate surface area is 131 Å².